The highest BCUT2D eigenvalue weighted by molar-refractivity contribution is 7.70. The molecule has 2 aromatic carbocycles. The number of nitrogens with zero attached hydrogens (tertiary/aromatic N) is 1. The van der Waals surface area contributed by atoms with Gasteiger partial charge < -0.3 is 24.1 Å². The summed E-state index contributed by atoms with van der Waals surface area (Å²) >= 11 is 6.05. The van der Waals surface area contributed by atoms with Crippen molar-refractivity contribution in [1.29, 1.82) is 0 Å². The first kappa shape index (κ1) is 47.0. The molecule has 0 radical (unpaired) electrons. The molecule has 2 aromatic rings. The molecule has 0 saturated heterocycles. The smallest absolute Gasteiger partial charge is 0.152 e. The fourth-order valence-electron chi connectivity index (χ4n) is 3.88. The van der Waals surface area contributed by atoms with Gasteiger partial charge in [0, 0.05) is 31.3 Å². The van der Waals surface area contributed by atoms with Gasteiger partial charge in [-0.05, 0) is 96.1 Å². The van der Waals surface area contributed by atoms with Crippen LogP contribution >= 0.6 is 18.7 Å². The van der Waals surface area contributed by atoms with Crippen molar-refractivity contribution in [3.63, 3.8) is 0 Å². The molecule has 270 valence electrons. The molecular formula is C39H62ClN2O5P. The summed E-state index contributed by atoms with van der Waals surface area (Å²) in [5.74, 6) is 2.30. The topological polar surface area (TPSA) is 86.2 Å². The summed E-state index contributed by atoms with van der Waals surface area (Å²) < 4.78 is 28.1. The monoisotopic (exact) mass is 704 g/mol. The highest BCUT2D eigenvalue weighted by atomic mass is 35.5. The number of benzene rings is 2. The minimum Gasteiger partial charge on any atom is -0.494 e. The number of ketones is 1. The Kier molecular flexibility index (Phi) is 26.2. The molecule has 0 fully saturated rings. The van der Waals surface area contributed by atoms with E-state index in [1.54, 1.807) is 33.7 Å². The molecule has 0 heterocycles. The number of nitrogens with one attached hydrogen (secondary N) is 1. The SMILES string of the molecule is C=C(C)/C(Cl)=C\N=C(C)Nc1cc(C)c(OC(CC)CCCC)cc1OC.C=CC(C)=O.CCCOC.Cc1ccccc1P(C)(C)=O. The fraction of sp³-hybridized carbons (Fsp3) is 0.487. The Labute approximate surface area is 297 Å². The van der Waals surface area contributed by atoms with Gasteiger partial charge >= 0.3 is 0 Å². The van der Waals surface area contributed by atoms with Crippen LogP contribution in [0.2, 0.25) is 0 Å². The van der Waals surface area contributed by atoms with Crippen molar-refractivity contribution in [3.05, 3.63) is 83.6 Å². The molecule has 0 aliphatic heterocycles. The lowest BCUT2D eigenvalue weighted by Crippen LogP contribution is -2.16. The van der Waals surface area contributed by atoms with Crippen LogP contribution in [-0.4, -0.2) is 51.9 Å². The van der Waals surface area contributed by atoms with E-state index in [4.69, 9.17) is 25.8 Å². The van der Waals surface area contributed by atoms with Crippen LogP contribution in [0, 0.1) is 13.8 Å². The van der Waals surface area contributed by atoms with Crippen molar-refractivity contribution >= 4 is 41.4 Å². The minimum atomic E-state index is -2.06. The number of allylic oxidation sites excluding steroid dienone is 3. The van der Waals surface area contributed by atoms with Gasteiger partial charge in [-0.1, -0.05) is 82.6 Å². The van der Waals surface area contributed by atoms with E-state index < -0.39 is 7.14 Å². The van der Waals surface area contributed by atoms with Gasteiger partial charge in [-0.15, -0.1) is 0 Å². The van der Waals surface area contributed by atoms with E-state index in [1.165, 1.54) is 25.8 Å². The second kappa shape index (κ2) is 26.8. The molecule has 7 nitrogen and oxygen atoms in total. The summed E-state index contributed by atoms with van der Waals surface area (Å²) in [6.45, 7) is 27.1. The van der Waals surface area contributed by atoms with Crippen LogP contribution in [0.3, 0.4) is 0 Å². The highest BCUT2D eigenvalue weighted by Gasteiger charge is 2.14. The van der Waals surface area contributed by atoms with Crippen LogP contribution in [0.4, 0.5) is 5.69 Å². The molecule has 1 atom stereocenters. The number of carbonyl (C=O) groups excluding carboxylic acids is 1. The number of unbranched alkanes of at least 4 members (excludes halogenated alkanes) is 1. The first-order valence-corrected chi connectivity index (χ1v) is 19.4. The molecule has 0 saturated carbocycles. The first-order valence-electron chi connectivity index (χ1n) is 16.4. The van der Waals surface area contributed by atoms with Crippen LogP contribution in [0.15, 0.2) is 77.4 Å². The lowest BCUT2D eigenvalue weighted by Gasteiger charge is -2.21. The predicted molar refractivity (Wildman–Crippen MR) is 211 cm³/mol. The number of aliphatic imine (C=N–C) groups is 1. The summed E-state index contributed by atoms with van der Waals surface area (Å²) in [7, 11) is 1.31. The number of hydrogen-bond donors (Lipinski definition) is 1. The molecular weight excluding hydrogens is 643 g/mol. The number of halogens is 1. The van der Waals surface area contributed by atoms with Gasteiger partial charge in [-0.25, -0.2) is 4.99 Å². The standard InChI is InChI=1S/C22H33ClN2O2.C9H13OP.C4H10O.C4H6O/c1-8-10-11-18(9-2)27-21-13-22(26-7)20(12-16(21)5)25-17(6)24-14-19(23)15(3)4;1-8-6-4-5-7-9(8)11(2,3)10;1-3-4-5-2;1-3-4(2)5/h12-14,18H,3,8-11H2,1-2,4-7H3,(H,24,25);4-7H,1-3H3;3-4H2,1-2H3;3H,1H2,2H3/b19-14+;;;. The lowest BCUT2D eigenvalue weighted by atomic mass is 10.1. The van der Waals surface area contributed by atoms with Crippen LogP contribution in [0.1, 0.15) is 84.8 Å². The molecule has 0 bridgehead atoms. The molecule has 0 spiro atoms. The van der Waals surface area contributed by atoms with Crippen molar-refractivity contribution in [2.75, 3.05) is 39.5 Å². The molecule has 0 amide bonds. The van der Waals surface area contributed by atoms with Gasteiger partial charge in [0.1, 0.15) is 24.5 Å². The van der Waals surface area contributed by atoms with Gasteiger partial charge in [0.2, 0.25) is 0 Å². The second-order valence-electron chi connectivity index (χ2n) is 11.7. The van der Waals surface area contributed by atoms with E-state index in [-0.39, 0.29) is 11.9 Å². The number of amidine groups is 1. The number of anilines is 1. The third-order valence-corrected chi connectivity index (χ3v) is 8.69. The van der Waals surface area contributed by atoms with E-state index in [0.717, 1.165) is 59.3 Å². The Morgan fingerprint density at radius 2 is 1.62 bits per heavy atom. The minimum absolute atomic E-state index is 0.0185. The van der Waals surface area contributed by atoms with E-state index in [0.29, 0.717) is 16.6 Å². The molecule has 1 unspecified atom stereocenters. The third kappa shape index (κ3) is 21.7. The zero-order valence-corrected chi connectivity index (χ0v) is 33.3. The van der Waals surface area contributed by atoms with E-state index in [9.17, 15) is 9.36 Å². The first-order chi connectivity index (χ1) is 22.5. The Hall–Kier alpha value is -3.12. The average molecular weight is 705 g/mol. The molecule has 1 N–H and O–H groups in total. The maximum Gasteiger partial charge on any atom is 0.152 e. The lowest BCUT2D eigenvalue weighted by molar-refractivity contribution is -0.112. The van der Waals surface area contributed by atoms with Gasteiger partial charge in [0.15, 0.2) is 5.78 Å². The number of ether oxygens (including phenoxy) is 3. The Bertz CT molecular complexity index is 1360. The molecule has 0 aliphatic rings. The summed E-state index contributed by atoms with van der Waals surface area (Å²) in [6.07, 6.45) is 8.61. The van der Waals surface area contributed by atoms with E-state index in [1.807, 2.05) is 64.1 Å². The van der Waals surface area contributed by atoms with Crippen molar-refractivity contribution < 1.29 is 23.6 Å². The number of hydrogen-bond acceptors (Lipinski definition) is 6. The predicted octanol–water partition coefficient (Wildman–Crippen LogP) is 10.9. The van der Waals surface area contributed by atoms with E-state index in [2.05, 4.69) is 44.2 Å². The van der Waals surface area contributed by atoms with Gasteiger partial charge in [-0.2, -0.15) is 0 Å². The number of carbonyl (C=O) groups is 1. The highest BCUT2D eigenvalue weighted by Crippen LogP contribution is 2.35. The number of methoxy groups -OCH3 is 2. The normalized spacial score (nSPS) is 11.7. The van der Waals surface area contributed by atoms with Crippen molar-refractivity contribution in [2.45, 2.75) is 93.6 Å². The van der Waals surface area contributed by atoms with Gasteiger partial charge in [0.05, 0.1) is 23.9 Å². The Morgan fingerprint density at radius 1 is 1.02 bits per heavy atom. The van der Waals surface area contributed by atoms with Gasteiger partial charge in [0.25, 0.3) is 0 Å². The maximum absolute atomic E-state index is 11.6. The maximum atomic E-state index is 11.6. The molecule has 2 rings (SSSR count). The Morgan fingerprint density at radius 3 is 2.02 bits per heavy atom. The average Bonchev–Trinajstić information content (AvgIpc) is 3.03. The van der Waals surface area contributed by atoms with E-state index >= 15 is 0 Å². The third-order valence-electron chi connectivity index (χ3n) is 6.61. The zero-order chi connectivity index (χ0) is 37.3. The molecule has 0 aromatic heterocycles. The summed E-state index contributed by atoms with van der Waals surface area (Å²) in [5, 5.41) is 4.79. The van der Waals surface area contributed by atoms with Crippen LogP contribution in [0.25, 0.3) is 0 Å². The molecule has 9 heteroatoms. The van der Waals surface area contributed by atoms with Crippen LogP contribution < -0.4 is 20.1 Å². The quantitative estimate of drug-likeness (QED) is 0.0692. The van der Waals surface area contributed by atoms with Crippen molar-refractivity contribution in [2.24, 2.45) is 4.99 Å². The summed E-state index contributed by atoms with van der Waals surface area (Å²) in [5.41, 5.74) is 3.79. The van der Waals surface area contributed by atoms with Crippen molar-refractivity contribution in [1.82, 2.24) is 0 Å². The van der Waals surface area contributed by atoms with Gasteiger partial charge in [-0.3, -0.25) is 4.79 Å². The second-order valence-corrected chi connectivity index (χ2v) is 15.2. The zero-order valence-electron chi connectivity index (χ0n) is 31.7. The van der Waals surface area contributed by atoms with Crippen LogP contribution in [-0.2, 0) is 14.1 Å². The Balaban J connectivity index is 0. The van der Waals surface area contributed by atoms with Crippen molar-refractivity contribution in [3.8, 4) is 11.5 Å². The fourth-order valence-corrected chi connectivity index (χ4v) is 5.30. The molecule has 48 heavy (non-hydrogen) atoms. The summed E-state index contributed by atoms with van der Waals surface area (Å²) in [6, 6.07) is 11.8. The largest absolute Gasteiger partial charge is 0.494 e. The number of rotatable bonds is 14. The molecule has 0 aliphatic carbocycles. The number of aryl methyl sites for hydroxylation is 2. The summed E-state index contributed by atoms with van der Waals surface area (Å²) in [4.78, 5) is 14.0. The van der Waals surface area contributed by atoms with Crippen LogP contribution in [0.5, 0.6) is 11.5 Å².